The molecule has 19 heavy (non-hydrogen) atoms. The summed E-state index contributed by atoms with van der Waals surface area (Å²) in [7, 11) is 2.05. The molecule has 1 aliphatic rings. The van der Waals surface area contributed by atoms with Crippen molar-refractivity contribution < 1.29 is 0 Å². The molecule has 0 spiro atoms. The highest BCUT2D eigenvalue weighted by atomic mass is 15.1. The van der Waals surface area contributed by atoms with Gasteiger partial charge in [0.1, 0.15) is 0 Å². The second kappa shape index (κ2) is 6.42. The highest BCUT2D eigenvalue weighted by Gasteiger charge is 2.21. The van der Waals surface area contributed by atoms with Crippen LogP contribution < -0.4 is 10.2 Å². The molecule has 0 amide bonds. The second-order valence-electron chi connectivity index (χ2n) is 6.07. The van der Waals surface area contributed by atoms with Gasteiger partial charge in [0.2, 0.25) is 0 Å². The first-order valence-corrected chi connectivity index (χ1v) is 7.59. The van der Waals surface area contributed by atoms with E-state index in [1.165, 1.54) is 54.7 Å². The molecule has 0 bridgehead atoms. The van der Waals surface area contributed by atoms with Gasteiger partial charge in [-0.2, -0.15) is 0 Å². The van der Waals surface area contributed by atoms with Gasteiger partial charge in [0, 0.05) is 18.8 Å². The van der Waals surface area contributed by atoms with Crippen molar-refractivity contribution in [2.45, 2.75) is 40.0 Å². The maximum absolute atomic E-state index is 3.27. The van der Waals surface area contributed by atoms with Crippen LogP contribution in [0.3, 0.4) is 0 Å². The number of nitrogens with one attached hydrogen (secondary N) is 1. The van der Waals surface area contributed by atoms with Gasteiger partial charge in [-0.05, 0) is 70.7 Å². The third kappa shape index (κ3) is 3.50. The summed E-state index contributed by atoms with van der Waals surface area (Å²) in [6.07, 6.45) is 4.01. The molecule has 1 fully saturated rings. The minimum atomic E-state index is 0.912. The molecule has 0 aliphatic carbocycles. The molecule has 0 aromatic heterocycles. The summed E-state index contributed by atoms with van der Waals surface area (Å²) in [4.78, 5) is 2.60. The fourth-order valence-electron chi connectivity index (χ4n) is 3.46. The Balaban J connectivity index is 2.02. The summed E-state index contributed by atoms with van der Waals surface area (Å²) >= 11 is 0. The van der Waals surface area contributed by atoms with Crippen molar-refractivity contribution in [2.24, 2.45) is 5.92 Å². The quantitative estimate of drug-likeness (QED) is 0.892. The molecule has 1 heterocycles. The average Bonchev–Trinajstić information content (AvgIpc) is 2.36. The molecule has 0 atom stereocenters. The molecule has 2 heteroatoms. The summed E-state index contributed by atoms with van der Waals surface area (Å²) in [5.74, 6) is 0.912. The van der Waals surface area contributed by atoms with Gasteiger partial charge in [-0.25, -0.2) is 0 Å². The van der Waals surface area contributed by atoms with Gasteiger partial charge in [-0.3, -0.25) is 0 Å². The third-order valence-electron chi connectivity index (χ3n) is 4.37. The van der Waals surface area contributed by atoms with Crippen molar-refractivity contribution >= 4 is 5.69 Å². The Morgan fingerprint density at radius 2 is 1.68 bits per heavy atom. The summed E-state index contributed by atoms with van der Waals surface area (Å²) in [5, 5.41) is 3.27. The largest absolute Gasteiger partial charge is 0.371 e. The first-order chi connectivity index (χ1) is 9.11. The lowest BCUT2D eigenvalue weighted by molar-refractivity contribution is 0.378. The Bertz CT molecular complexity index is 394. The minimum Gasteiger partial charge on any atom is -0.371 e. The van der Waals surface area contributed by atoms with Gasteiger partial charge < -0.3 is 10.2 Å². The van der Waals surface area contributed by atoms with E-state index in [2.05, 4.69) is 43.1 Å². The summed E-state index contributed by atoms with van der Waals surface area (Å²) in [6, 6.07) is 4.63. The molecule has 1 saturated heterocycles. The van der Waals surface area contributed by atoms with Gasteiger partial charge >= 0.3 is 0 Å². The Labute approximate surface area is 118 Å². The van der Waals surface area contributed by atoms with Crippen molar-refractivity contribution in [2.75, 3.05) is 31.6 Å². The molecule has 1 aromatic carbocycles. The van der Waals surface area contributed by atoms with E-state index in [9.17, 15) is 0 Å². The SMILES string of the molecule is CNCCC1CCN(c2c(C)cc(C)cc2C)CC1. The maximum Gasteiger partial charge on any atom is 0.0425 e. The molecule has 0 saturated carbocycles. The van der Waals surface area contributed by atoms with Crippen LogP contribution >= 0.6 is 0 Å². The van der Waals surface area contributed by atoms with E-state index in [-0.39, 0.29) is 0 Å². The van der Waals surface area contributed by atoms with Gasteiger partial charge in [0.15, 0.2) is 0 Å². The first-order valence-electron chi connectivity index (χ1n) is 7.59. The molecule has 1 N–H and O–H groups in total. The number of hydrogen-bond acceptors (Lipinski definition) is 2. The zero-order valence-electron chi connectivity index (χ0n) is 12.9. The molecule has 2 nitrogen and oxygen atoms in total. The fourth-order valence-corrected chi connectivity index (χ4v) is 3.46. The van der Waals surface area contributed by atoms with E-state index in [1.54, 1.807) is 0 Å². The Kier molecular flexibility index (Phi) is 4.87. The van der Waals surface area contributed by atoms with Gasteiger partial charge in [-0.1, -0.05) is 17.7 Å². The van der Waals surface area contributed by atoms with E-state index in [4.69, 9.17) is 0 Å². The van der Waals surface area contributed by atoms with E-state index in [1.807, 2.05) is 7.05 Å². The van der Waals surface area contributed by atoms with Crippen LogP contribution in [0.4, 0.5) is 5.69 Å². The average molecular weight is 260 g/mol. The lowest BCUT2D eigenvalue weighted by atomic mass is 9.92. The second-order valence-corrected chi connectivity index (χ2v) is 6.07. The molecule has 106 valence electrons. The number of aryl methyl sites for hydroxylation is 3. The van der Waals surface area contributed by atoms with Crippen molar-refractivity contribution in [1.29, 1.82) is 0 Å². The van der Waals surface area contributed by atoms with Crippen LogP contribution in [0.25, 0.3) is 0 Å². The standard InChI is InChI=1S/C17H28N2/c1-13-11-14(2)17(15(3)12-13)19-9-6-16(7-10-19)5-8-18-4/h11-12,16,18H,5-10H2,1-4H3. The van der Waals surface area contributed by atoms with Crippen LogP contribution in [-0.4, -0.2) is 26.7 Å². The van der Waals surface area contributed by atoms with Crippen LogP contribution in [0.2, 0.25) is 0 Å². The van der Waals surface area contributed by atoms with Gasteiger partial charge in [0.05, 0.1) is 0 Å². The summed E-state index contributed by atoms with van der Waals surface area (Å²) in [5.41, 5.74) is 5.73. The predicted octanol–water partition coefficient (Wildman–Crippen LogP) is 3.44. The molecule has 0 unspecified atom stereocenters. The van der Waals surface area contributed by atoms with Gasteiger partial charge in [0.25, 0.3) is 0 Å². The smallest absolute Gasteiger partial charge is 0.0425 e. The van der Waals surface area contributed by atoms with Crippen LogP contribution in [0.15, 0.2) is 12.1 Å². The minimum absolute atomic E-state index is 0.912. The van der Waals surface area contributed by atoms with Crippen molar-refractivity contribution in [3.05, 3.63) is 28.8 Å². The Morgan fingerprint density at radius 3 is 2.21 bits per heavy atom. The normalized spacial score (nSPS) is 16.9. The molecule has 1 aliphatic heterocycles. The van der Waals surface area contributed by atoms with Crippen LogP contribution in [0.5, 0.6) is 0 Å². The van der Waals surface area contributed by atoms with Gasteiger partial charge in [-0.15, -0.1) is 0 Å². The molecular formula is C17H28N2. The van der Waals surface area contributed by atoms with E-state index in [0.717, 1.165) is 12.5 Å². The molecule has 1 aromatic rings. The summed E-state index contributed by atoms with van der Waals surface area (Å²) < 4.78 is 0. The lowest BCUT2D eigenvalue weighted by Gasteiger charge is -2.35. The molecule has 0 radical (unpaired) electrons. The first kappa shape index (κ1) is 14.4. The lowest BCUT2D eigenvalue weighted by Crippen LogP contribution is -2.35. The zero-order valence-corrected chi connectivity index (χ0v) is 12.9. The number of nitrogens with zero attached hydrogens (tertiary/aromatic N) is 1. The Morgan fingerprint density at radius 1 is 1.11 bits per heavy atom. The van der Waals surface area contributed by atoms with E-state index >= 15 is 0 Å². The van der Waals surface area contributed by atoms with Crippen LogP contribution in [0.1, 0.15) is 36.0 Å². The zero-order chi connectivity index (χ0) is 13.8. The number of benzene rings is 1. The number of piperidine rings is 1. The van der Waals surface area contributed by atoms with E-state index in [0.29, 0.717) is 0 Å². The number of hydrogen-bond donors (Lipinski definition) is 1. The summed E-state index contributed by atoms with van der Waals surface area (Å²) in [6.45, 7) is 10.3. The predicted molar refractivity (Wildman–Crippen MR) is 84.1 cm³/mol. The fraction of sp³-hybridized carbons (Fsp3) is 0.647. The van der Waals surface area contributed by atoms with E-state index < -0.39 is 0 Å². The van der Waals surface area contributed by atoms with Crippen molar-refractivity contribution in [3.63, 3.8) is 0 Å². The topological polar surface area (TPSA) is 15.3 Å². The third-order valence-corrected chi connectivity index (χ3v) is 4.37. The van der Waals surface area contributed by atoms with Crippen LogP contribution in [0, 0.1) is 26.7 Å². The monoisotopic (exact) mass is 260 g/mol. The van der Waals surface area contributed by atoms with Crippen LogP contribution in [-0.2, 0) is 0 Å². The highest BCUT2D eigenvalue weighted by molar-refractivity contribution is 5.60. The highest BCUT2D eigenvalue weighted by Crippen LogP contribution is 2.30. The number of anilines is 1. The maximum atomic E-state index is 3.27. The Hall–Kier alpha value is -1.02. The molecule has 2 rings (SSSR count). The van der Waals surface area contributed by atoms with Crippen molar-refractivity contribution in [3.8, 4) is 0 Å². The van der Waals surface area contributed by atoms with Crippen molar-refractivity contribution in [1.82, 2.24) is 5.32 Å². The number of rotatable bonds is 4. The molecular weight excluding hydrogens is 232 g/mol.